The topological polar surface area (TPSA) is 112 Å². The molecule has 0 fully saturated rings. The first-order valence-corrected chi connectivity index (χ1v) is 8.88. The first-order valence-electron chi connectivity index (χ1n) is 8.88. The van der Waals surface area contributed by atoms with Gasteiger partial charge in [-0.1, -0.05) is 12.1 Å². The summed E-state index contributed by atoms with van der Waals surface area (Å²) in [4.78, 5) is 36.8. The van der Waals surface area contributed by atoms with Crippen molar-refractivity contribution >= 4 is 28.6 Å². The lowest BCUT2D eigenvalue weighted by Crippen LogP contribution is -2.29. The molecule has 0 aliphatic heterocycles. The van der Waals surface area contributed by atoms with E-state index in [9.17, 15) is 19.5 Å². The maximum atomic E-state index is 12.7. The van der Waals surface area contributed by atoms with Crippen LogP contribution in [0.25, 0.3) is 11.0 Å². The van der Waals surface area contributed by atoms with E-state index in [4.69, 9.17) is 9.47 Å². The number of nitrogens with zero attached hydrogens (tertiary/aromatic N) is 2. The lowest BCUT2D eigenvalue weighted by Gasteiger charge is -2.15. The Bertz CT molecular complexity index is 1150. The molecule has 3 aromatic rings. The molecule has 3 rings (SSSR count). The Balaban J connectivity index is 1.98. The summed E-state index contributed by atoms with van der Waals surface area (Å²) in [5.41, 5.74) is 1.14. The average Bonchev–Trinajstić information content (AvgIpc) is 2.98. The molecule has 0 spiro atoms. The molecule has 9 nitrogen and oxygen atoms in total. The van der Waals surface area contributed by atoms with Crippen molar-refractivity contribution in [1.82, 2.24) is 9.13 Å². The van der Waals surface area contributed by atoms with Crippen LogP contribution in [0.2, 0.25) is 0 Å². The molecule has 9 heteroatoms. The van der Waals surface area contributed by atoms with Crippen LogP contribution in [0.15, 0.2) is 41.2 Å². The fourth-order valence-corrected chi connectivity index (χ4v) is 3.24. The van der Waals surface area contributed by atoms with Crippen molar-refractivity contribution in [3.8, 4) is 11.5 Å². The maximum absolute atomic E-state index is 12.7. The molecule has 0 unspecified atom stereocenters. The fourth-order valence-electron chi connectivity index (χ4n) is 3.24. The number of methoxy groups -OCH3 is 2. The number of hydrogen-bond acceptors (Lipinski definition) is 5. The van der Waals surface area contributed by atoms with Gasteiger partial charge in [0.15, 0.2) is 11.5 Å². The molecule has 0 bridgehead atoms. The Hall–Kier alpha value is -3.75. The molecule has 0 radical (unpaired) electrons. The molecular formula is C20H21N3O6. The van der Waals surface area contributed by atoms with E-state index < -0.39 is 11.9 Å². The number of imidazole rings is 1. The number of aromatic nitrogens is 2. The van der Waals surface area contributed by atoms with Gasteiger partial charge >= 0.3 is 11.7 Å². The van der Waals surface area contributed by atoms with Gasteiger partial charge in [0.25, 0.3) is 0 Å². The number of aromatic carboxylic acids is 1. The molecule has 1 amide bonds. The lowest BCUT2D eigenvalue weighted by molar-refractivity contribution is -0.116. The highest BCUT2D eigenvalue weighted by Crippen LogP contribution is 2.36. The van der Waals surface area contributed by atoms with E-state index in [1.165, 1.54) is 30.9 Å². The highest BCUT2D eigenvalue weighted by atomic mass is 16.5. The number of rotatable bonds is 7. The summed E-state index contributed by atoms with van der Waals surface area (Å²) in [6.45, 7) is 2.08. The Morgan fingerprint density at radius 3 is 2.28 bits per heavy atom. The standard InChI is InChI=1S/C20H21N3O6/c1-4-22-14-7-5-6-8-15(14)23(20(22)27)11-17(24)21-13-9-12(19(25)26)10-16(28-2)18(13)29-3/h5-10H,4,11H2,1-3H3,(H,21,24)(H,25,26). The number of aryl methyl sites for hydroxylation is 1. The van der Waals surface area contributed by atoms with Crippen molar-refractivity contribution in [1.29, 1.82) is 0 Å². The number of nitrogens with one attached hydrogen (secondary N) is 1. The number of carbonyl (C=O) groups is 2. The highest BCUT2D eigenvalue weighted by molar-refractivity contribution is 5.97. The zero-order chi connectivity index (χ0) is 21.1. The van der Waals surface area contributed by atoms with Crippen molar-refractivity contribution in [3.63, 3.8) is 0 Å². The number of benzene rings is 2. The third-order valence-corrected chi connectivity index (χ3v) is 4.54. The van der Waals surface area contributed by atoms with Crippen LogP contribution in [-0.4, -0.2) is 40.3 Å². The first-order chi connectivity index (χ1) is 13.9. The van der Waals surface area contributed by atoms with Crippen molar-refractivity contribution in [3.05, 3.63) is 52.4 Å². The van der Waals surface area contributed by atoms with E-state index >= 15 is 0 Å². The normalized spacial score (nSPS) is 10.7. The molecular weight excluding hydrogens is 378 g/mol. The molecule has 1 heterocycles. The quantitative estimate of drug-likeness (QED) is 0.630. The van der Waals surface area contributed by atoms with Gasteiger partial charge in [-0.05, 0) is 31.2 Å². The van der Waals surface area contributed by atoms with Gasteiger partial charge in [-0.2, -0.15) is 0 Å². The smallest absolute Gasteiger partial charge is 0.335 e. The van der Waals surface area contributed by atoms with Crippen LogP contribution >= 0.6 is 0 Å². The molecule has 0 aliphatic rings. The molecule has 0 saturated heterocycles. The number of carboxylic acid groups (broad SMARTS) is 1. The summed E-state index contributed by atoms with van der Waals surface area (Å²) in [6, 6.07) is 9.78. The van der Waals surface area contributed by atoms with Gasteiger partial charge in [0.2, 0.25) is 5.91 Å². The summed E-state index contributed by atoms with van der Waals surface area (Å²) in [5, 5.41) is 11.9. The summed E-state index contributed by atoms with van der Waals surface area (Å²) < 4.78 is 13.4. The van der Waals surface area contributed by atoms with Gasteiger partial charge in [-0.15, -0.1) is 0 Å². The van der Waals surface area contributed by atoms with Crippen LogP contribution < -0.4 is 20.5 Å². The molecule has 152 valence electrons. The number of amides is 1. The minimum atomic E-state index is -1.18. The van der Waals surface area contributed by atoms with Crippen LogP contribution in [-0.2, 0) is 17.9 Å². The predicted octanol–water partition coefficient (Wildman–Crippen LogP) is 2.18. The predicted molar refractivity (Wildman–Crippen MR) is 107 cm³/mol. The summed E-state index contributed by atoms with van der Waals surface area (Å²) in [6.07, 6.45) is 0. The van der Waals surface area contributed by atoms with Gasteiger partial charge in [-0.3, -0.25) is 13.9 Å². The van der Waals surface area contributed by atoms with Gasteiger partial charge < -0.3 is 19.9 Å². The molecule has 0 aliphatic carbocycles. The second-order valence-electron chi connectivity index (χ2n) is 6.21. The Labute approximate surface area is 166 Å². The third kappa shape index (κ3) is 3.66. The van der Waals surface area contributed by atoms with Gasteiger partial charge in [0.05, 0.1) is 36.5 Å². The van der Waals surface area contributed by atoms with Gasteiger partial charge in [0, 0.05) is 6.54 Å². The molecule has 2 aromatic carbocycles. The van der Waals surface area contributed by atoms with E-state index in [1.54, 1.807) is 16.7 Å². The number of carbonyl (C=O) groups excluding carboxylic acids is 1. The second kappa shape index (κ2) is 8.09. The van der Waals surface area contributed by atoms with Gasteiger partial charge in [-0.25, -0.2) is 9.59 Å². The zero-order valence-electron chi connectivity index (χ0n) is 16.3. The summed E-state index contributed by atoms with van der Waals surface area (Å²) >= 11 is 0. The van der Waals surface area contributed by atoms with E-state index in [2.05, 4.69) is 5.32 Å². The Kier molecular flexibility index (Phi) is 5.58. The Morgan fingerprint density at radius 2 is 1.72 bits per heavy atom. The summed E-state index contributed by atoms with van der Waals surface area (Å²) in [5.74, 6) is -1.32. The number of ether oxygens (including phenoxy) is 2. The van der Waals surface area contributed by atoms with Crippen LogP contribution in [0, 0.1) is 0 Å². The number of hydrogen-bond donors (Lipinski definition) is 2. The van der Waals surface area contributed by atoms with E-state index in [0.717, 1.165) is 5.52 Å². The van der Waals surface area contributed by atoms with Crippen molar-refractivity contribution in [2.75, 3.05) is 19.5 Å². The molecule has 1 aromatic heterocycles. The largest absolute Gasteiger partial charge is 0.493 e. The number of fused-ring (bicyclic) bond motifs is 1. The Morgan fingerprint density at radius 1 is 1.07 bits per heavy atom. The monoisotopic (exact) mass is 399 g/mol. The lowest BCUT2D eigenvalue weighted by atomic mass is 10.1. The average molecular weight is 399 g/mol. The molecule has 29 heavy (non-hydrogen) atoms. The van der Waals surface area contributed by atoms with Crippen molar-refractivity contribution in [2.45, 2.75) is 20.0 Å². The fraction of sp³-hybridized carbons (Fsp3) is 0.250. The molecule has 0 atom stereocenters. The SMILES string of the molecule is CCn1c(=O)n(CC(=O)Nc2cc(C(=O)O)cc(OC)c2OC)c2ccccc21. The van der Waals surface area contributed by atoms with E-state index in [0.29, 0.717) is 12.1 Å². The molecule has 0 saturated carbocycles. The van der Waals surface area contributed by atoms with Crippen molar-refractivity contribution < 1.29 is 24.2 Å². The van der Waals surface area contributed by atoms with E-state index in [1.807, 2.05) is 19.1 Å². The van der Waals surface area contributed by atoms with Crippen LogP contribution in [0.5, 0.6) is 11.5 Å². The van der Waals surface area contributed by atoms with Crippen molar-refractivity contribution in [2.24, 2.45) is 0 Å². The number of anilines is 1. The minimum absolute atomic E-state index is 0.0716. The van der Waals surface area contributed by atoms with Crippen LogP contribution in [0.4, 0.5) is 5.69 Å². The van der Waals surface area contributed by atoms with E-state index in [-0.39, 0.29) is 35.0 Å². The summed E-state index contributed by atoms with van der Waals surface area (Å²) in [7, 11) is 2.75. The zero-order valence-corrected chi connectivity index (χ0v) is 16.3. The maximum Gasteiger partial charge on any atom is 0.335 e. The molecule has 2 N–H and O–H groups in total. The minimum Gasteiger partial charge on any atom is -0.493 e. The van der Waals surface area contributed by atoms with Crippen LogP contribution in [0.3, 0.4) is 0 Å². The number of para-hydroxylation sites is 2. The van der Waals surface area contributed by atoms with Crippen LogP contribution in [0.1, 0.15) is 17.3 Å². The van der Waals surface area contributed by atoms with Gasteiger partial charge in [0.1, 0.15) is 6.54 Å². The number of carboxylic acids is 1. The first kappa shape index (κ1) is 20.0. The second-order valence-corrected chi connectivity index (χ2v) is 6.21. The highest BCUT2D eigenvalue weighted by Gasteiger charge is 2.19. The third-order valence-electron chi connectivity index (χ3n) is 4.54.